The van der Waals surface area contributed by atoms with E-state index in [1.54, 1.807) is 0 Å². The average molecular weight is 360 g/mol. The SMILES string of the molecule is O=C(c1ccc2nc(CO)[nH]c2c1)N1CCN(C2CCSCC2)CC1. The molecule has 2 aliphatic heterocycles. The van der Waals surface area contributed by atoms with Gasteiger partial charge < -0.3 is 15.0 Å². The van der Waals surface area contributed by atoms with Crippen LogP contribution >= 0.6 is 11.8 Å². The Balaban J connectivity index is 1.41. The summed E-state index contributed by atoms with van der Waals surface area (Å²) < 4.78 is 0. The zero-order valence-electron chi connectivity index (χ0n) is 14.3. The predicted octanol–water partition coefficient (Wildman–Crippen LogP) is 1.71. The van der Waals surface area contributed by atoms with Crippen molar-refractivity contribution < 1.29 is 9.90 Å². The smallest absolute Gasteiger partial charge is 0.254 e. The minimum absolute atomic E-state index is 0.0842. The van der Waals surface area contributed by atoms with Crippen LogP contribution in [0.25, 0.3) is 11.0 Å². The predicted molar refractivity (Wildman–Crippen MR) is 99.8 cm³/mol. The highest BCUT2D eigenvalue weighted by atomic mass is 32.2. The molecule has 1 aromatic carbocycles. The van der Waals surface area contributed by atoms with Crippen LogP contribution in [0.2, 0.25) is 0 Å². The van der Waals surface area contributed by atoms with Crippen LogP contribution in [-0.2, 0) is 6.61 Å². The fraction of sp³-hybridized carbons (Fsp3) is 0.556. The van der Waals surface area contributed by atoms with Crippen molar-refractivity contribution in [2.45, 2.75) is 25.5 Å². The first-order chi connectivity index (χ1) is 12.2. The molecule has 2 aromatic rings. The number of amides is 1. The number of benzene rings is 1. The summed E-state index contributed by atoms with van der Waals surface area (Å²) in [5.74, 6) is 3.15. The van der Waals surface area contributed by atoms with Gasteiger partial charge in [-0.1, -0.05) is 0 Å². The van der Waals surface area contributed by atoms with Crippen molar-refractivity contribution in [1.82, 2.24) is 19.8 Å². The third-order valence-electron chi connectivity index (χ3n) is 5.24. The number of imidazole rings is 1. The third-order valence-corrected chi connectivity index (χ3v) is 6.29. The number of fused-ring (bicyclic) bond motifs is 1. The van der Waals surface area contributed by atoms with Crippen LogP contribution in [0.15, 0.2) is 18.2 Å². The molecule has 3 heterocycles. The molecular formula is C18H24N4O2S. The number of aliphatic hydroxyl groups is 1. The molecule has 0 atom stereocenters. The molecule has 1 amide bonds. The van der Waals surface area contributed by atoms with E-state index in [0.29, 0.717) is 17.4 Å². The van der Waals surface area contributed by atoms with Crippen molar-refractivity contribution in [1.29, 1.82) is 0 Å². The highest BCUT2D eigenvalue weighted by Crippen LogP contribution is 2.23. The normalized spacial score (nSPS) is 20.3. The molecule has 2 N–H and O–H groups in total. The lowest BCUT2D eigenvalue weighted by Crippen LogP contribution is -2.52. The second kappa shape index (κ2) is 7.35. The van der Waals surface area contributed by atoms with Crippen LogP contribution in [0.4, 0.5) is 0 Å². The van der Waals surface area contributed by atoms with Gasteiger partial charge in [0.05, 0.1) is 11.0 Å². The summed E-state index contributed by atoms with van der Waals surface area (Å²) in [6.45, 7) is 3.42. The number of nitrogens with one attached hydrogen (secondary N) is 1. The summed E-state index contributed by atoms with van der Waals surface area (Å²) in [6, 6.07) is 6.22. The van der Waals surface area contributed by atoms with Gasteiger partial charge in [-0.15, -0.1) is 0 Å². The van der Waals surface area contributed by atoms with E-state index >= 15 is 0 Å². The van der Waals surface area contributed by atoms with Crippen LogP contribution in [0.1, 0.15) is 29.0 Å². The second-order valence-electron chi connectivity index (χ2n) is 6.75. The molecule has 7 heteroatoms. The molecule has 0 aliphatic carbocycles. The van der Waals surface area contributed by atoms with Crippen molar-refractivity contribution >= 4 is 28.7 Å². The van der Waals surface area contributed by atoms with Gasteiger partial charge in [0, 0.05) is 37.8 Å². The van der Waals surface area contributed by atoms with Crippen LogP contribution in [0.5, 0.6) is 0 Å². The van der Waals surface area contributed by atoms with Crippen LogP contribution in [0, 0.1) is 0 Å². The molecule has 134 valence electrons. The molecule has 1 aromatic heterocycles. The van der Waals surface area contributed by atoms with Gasteiger partial charge in [0.15, 0.2) is 0 Å². The Morgan fingerprint density at radius 3 is 2.72 bits per heavy atom. The Morgan fingerprint density at radius 2 is 2.00 bits per heavy atom. The average Bonchev–Trinajstić information content (AvgIpc) is 3.10. The maximum atomic E-state index is 12.8. The number of thioether (sulfide) groups is 1. The molecule has 0 unspecified atom stereocenters. The Labute approximate surface area is 151 Å². The van der Waals surface area contributed by atoms with Gasteiger partial charge in [-0.2, -0.15) is 11.8 Å². The molecule has 25 heavy (non-hydrogen) atoms. The molecule has 4 rings (SSSR count). The number of hydrogen-bond donors (Lipinski definition) is 2. The first-order valence-electron chi connectivity index (χ1n) is 8.95. The number of aliphatic hydroxyl groups excluding tert-OH is 1. The quantitative estimate of drug-likeness (QED) is 0.872. The van der Waals surface area contributed by atoms with Gasteiger partial charge in [0.2, 0.25) is 0 Å². The zero-order valence-corrected chi connectivity index (χ0v) is 15.1. The lowest BCUT2D eigenvalue weighted by atomic mass is 10.1. The Kier molecular flexibility index (Phi) is 4.96. The van der Waals surface area contributed by atoms with Crippen molar-refractivity contribution in [2.75, 3.05) is 37.7 Å². The highest BCUT2D eigenvalue weighted by molar-refractivity contribution is 7.99. The Hall–Kier alpha value is -1.57. The standard InChI is InChI=1S/C18H24N4O2S/c23-12-17-19-15-2-1-13(11-16(15)20-17)18(24)22-7-5-21(6-8-22)14-3-9-25-10-4-14/h1-2,11,14,23H,3-10,12H2,(H,19,20). The summed E-state index contributed by atoms with van der Waals surface area (Å²) in [6.07, 6.45) is 2.56. The topological polar surface area (TPSA) is 72.5 Å². The molecular weight excluding hydrogens is 336 g/mol. The van der Waals surface area contributed by atoms with Gasteiger partial charge in [-0.05, 0) is 42.5 Å². The monoisotopic (exact) mass is 360 g/mol. The van der Waals surface area contributed by atoms with Gasteiger partial charge in [0.1, 0.15) is 12.4 Å². The van der Waals surface area contributed by atoms with E-state index in [1.165, 1.54) is 24.3 Å². The van der Waals surface area contributed by atoms with Gasteiger partial charge in [0.25, 0.3) is 5.91 Å². The third kappa shape index (κ3) is 3.54. The molecule has 0 radical (unpaired) electrons. The number of piperazine rings is 1. The van der Waals surface area contributed by atoms with Crippen molar-refractivity contribution in [3.63, 3.8) is 0 Å². The fourth-order valence-corrected chi connectivity index (χ4v) is 4.88. The van der Waals surface area contributed by atoms with Crippen molar-refractivity contribution in [2.24, 2.45) is 0 Å². The highest BCUT2D eigenvalue weighted by Gasteiger charge is 2.27. The Bertz CT molecular complexity index is 749. The van der Waals surface area contributed by atoms with Crippen molar-refractivity contribution in [3.05, 3.63) is 29.6 Å². The van der Waals surface area contributed by atoms with E-state index in [2.05, 4.69) is 26.6 Å². The van der Waals surface area contributed by atoms with Crippen molar-refractivity contribution in [3.8, 4) is 0 Å². The van der Waals surface area contributed by atoms with E-state index in [9.17, 15) is 9.90 Å². The van der Waals surface area contributed by atoms with E-state index in [1.807, 2.05) is 23.1 Å². The summed E-state index contributed by atoms with van der Waals surface area (Å²) in [5, 5.41) is 9.18. The molecule has 2 fully saturated rings. The summed E-state index contributed by atoms with van der Waals surface area (Å²) >= 11 is 2.05. The summed E-state index contributed by atoms with van der Waals surface area (Å²) in [4.78, 5) is 24.7. The number of rotatable bonds is 3. The van der Waals surface area contributed by atoms with Gasteiger partial charge in [-0.3, -0.25) is 9.69 Å². The van der Waals surface area contributed by atoms with Crippen LogP contribution < -0.4 is 0 Å². The van der Waals surface area contributed by atoms with E-state index < -0.39 is 0 Å². The van der Waals surface area contributed by atoms with Gasteiger partial charge in [-0.25, -0.2) is 4.98 Å². The summed E-state index contributed by atoms with van der Waals surface area (Å²) in [5.41, 5.74) is 2.26. The number of aromatic nitrogens is 2. The number of carbonyl (C=O) groups is 1. The molecule has 0 spiro atoms. The molecule has 6 nitrogen and oxygen atoms in total. The lowest BCUT2D eigenvalue weighted by Gasteiger charge is -2.40. The van der Waals surface area contributed by atoms with Crippen LogP contribution in [-0.4, -0.2) is 74.5 Å². The maximum Gasteiger partial charge on any atom is 0.254 e. The lowest BCUT2D eigenvalue weighted by molar-refractivity contribution is 0.0559. The number of nitrogens with zero attached hydrogens (tertiary/aromatic N) is 3. The number of H-pyrrole nitrogens is 1. The largest absolute Gasteiger partial charge is 0.388 e. The van der Waals surface area contributed by atoms with Crippen LogP contribution in [0.3, 0.4) is 0 Å². The second-order valence-corrected chi connectivity index (χ2v) is 7.97. The number of aromatic amines is 1. The molecule has 2 aliphatic rings. The van der Waals surface area contributed by atoms with Gasteiger partial charge >= 0.3 is 0 Å². The first-order valence-corrected chi connectivity index (χ1v) is 10.1. The first kappa shape index (κ1) is 16.9. The fourth-order valence-electron chi connectivity index (χ4n) is 3.79. The van der Waals surface area contributed by atoms with E-state index in [-0.39, 0.29) is 12.5 Å². The molecule has 0 bridgehead atoms. The molecule has 0 saturated carbocycles. The number of hydrogen-bond acceptors (Lipinski definition) is 5. The zero-order chi connectivity index (χ0) is 17.2. The maximum absolute atomic E-state index is 12.8. The number of carbonyl (C=O) groups excluding carboxylic acids is 1. The van der Waals surface area contributed by atoms with E-state index in [0.717, 1.165) is 37.2 Å². The Morgan fingerprint density at radius 1 is 1.24 bits per heavy atom. The molecule has 2 saturated heterocycles. The minimum atomic E-state index is -0.125. The van der Waals surface area contributed by atoms with E-state index in [4.69, 9.17) is 0 Å². The summed E-state index contributed by atoms with van der Waals surface area (Å²) in [7, 11) is 0. The minimum Gasteiger partial charge on any atom is -0.388 e.